The highest BCUT2D eigenvalue weighted by molar-refractivity contribution is 14.0. The third-order valence-corrected chi connectivity index (χ3v) is 3.12. The van der Waals surface area contributed by atoms with E-state index in [0.717, 1.165) is 16.5 Å². The third-order valence-electron chi connectivity index (χ3n) is 2.54. The monoisotopic (exact) mass is 342 g/mol. The van der Waals surface area contributed by atoms with E-state index in [2.05, 4.69) is 40.6 Å². The molecule has 0 bridgehead atoms. The first-order valence-corrected chi connectivity index (χ1v) is 6.02. The van der Waals surface area contributed by atoms with E-state index in [1.807, 2.05) is 12.3 Å². The van der Waals surface area contributed by atoms with Crippen LogP contribution in [-0.2, 0) is 0 Å². The lowest BCUT2D eigenvalue weighted by atomic mass is 10.1. The summed E-state index contributed by atoms with van der Waals surface area (Å²) in [6.07, 6.45) is 2.03. The average Bonchev–Trinajstić information content (AvgIpc) is 2.29. The SMILES string of the molecule is CSC1=Nc2cccc3cccc(c23)N1.I. The van der Waals surface area contributed by atoms with Crippen molar-refractivity contribution in [1.29, 1.82) is 0 Å². The van der Waals surface area contributed by atoms with E-state index in [0.29, 0.717) is 0 Å². The van der Waals surface area contributed by atoms with Gasteiger partial charge in [0.05, 0.1) is 11.4 Å². The molecule has 0 atom stereocenters. The summed E-state index contributed by atoms with van der Waals surface area (Å²) in [4.78, 5) is 4.55. The molecule has 0 aromatic heterocycles. The molecule has 0 fully saturated rings. The minimum Gasteiger partial charge on any atom is -0.334 e. The molecule has 0 aliphatic carbocycles. The van der Waals surface area contributed by atoms with Crippen LogP contribution in [-0.4, -0.2) is 11.4 Å². The maximum absolute atomic E-state index is 4.55. The summed E-state index contributed by atoms with van der Waals surface area (Å²) in [5.41, 5.74) is 2.22. The van der Waals surface area contributed by atoms with Crippen molar-refractivity contribution in [2.24, 2.45) is 4.99 Å². The molecule has 1 heterocycles. The standard InChI is InChI=1S/C12H10N2S.HI/c1-15-12-13-9-6-2-4-8-5-3-7-10(14-12)11(8)9;/h2-7H,1H3,(H,13,14);1H. The Hall–Kier alpha value is -0.750. The van der Waals surface area contributed by atoms with Crippen LogP contribution in [0.3, 0.4) is 0 Å². The minimum absolute atomic E-state index is 0. The van der Waals surface area contributed by atoms with Crippen LogP contribution in [0.4, 0.5) is 11.4 Å². The fraction of sp³-hybridized carbons (Fsp3) is 0.0833. The number of halogens is 1. The predicted octanol–water partition coefficient (Wildman–Crippen LogP) is 4.23. The molecular weight excluding hydrogens is 331 g/mol. The van der Waals surface area contributed by atoms with Crippen LogP contribution in [0.5, 0.6) is 0 Å². The molecule has 4 heteroatoms. The van der Waals surface area contributed by atoms with Gasteiger partial charge < -0.3 is 5.32 Å². The molecule has 1 aliphatic heterocycles. The Morgan fingerprint density at radius 2 is 1.88 bits per heavy atom. The molecule has 2 aromatic rings. The van der Waals surface area contributed by atoms with Crippen LogP contribution in [0, 0.1) is 0 Å². The number of anilines is 1. The summed E-state index contributed by atoms with van der Waals surface area (Å²) in [5, 5.41) is 6.74. The van der Waals surface area contributed by atoms with Crippen LogP contribution >= 0.6 is 35.7 Å². The summed E-state index contributed by atoms with van der Waals surface area (Å²) < 4.78 is 0. The maximum atomic E-state index is 4.55. The van der Waals surface area contributed by atoms with Crippen LogP contribution in [0.2, 0.25) is 0 Å². The highest BCUT2D eigenvalue weighted by Crippen LogP contribution is 2.36. The van der Waals surface area contributed by atoms with Crippen LogP contribution in [0.25, 0.3) is 10.8 Å². The quantitative estimate of drug-likeness (QED) is 0.725. The zero-order valence-electron chi connectivity index (χ0n) is 8.73. The number of benzene rings is 2. The molecule has 2 aromatic carbocycles. The van der Waals surface area contributed by atoms with Gasteiger partial charge in [-0.15, -0.1) is 24.0 Å². The molecule has 0 radical (unpaired) electrons. The molecule has 0 amide bonds. The zero-order valence-corrected chi connectivity index (χ0v) is 11.9. The largest absolute Gasteiger partial charge is 0.334 e. The number of nitrogens with zero attached hydrogens (tertiary/aromatic N) is 1. The van der Waals surface area contributed by atoms with Gasteiger partial charge in [-0.3, -0.25) is 0 Å². The van der Waals surface area contributed by atoms with Gasteiger partial charge >= 0.3 is 0 Å². The van der Waals surface area contributed by atoms with Crippen molar-refractivity contribution in [3.05, 3.63) is 36.4 Å². The lowest BCUT2D eigenvalue weighted by Gasteiger charge is -2.17. The number of hydrogen-bond donors (Lipinski definition) is 1. The Balaban J connectivity index is 0.000000963. The van der Waals surface area contributed by atoms with Crippen molar-refractivity contribution in [2.45, 2.75) is 0 Å². The molecule has 82 valence electrons. The van der Waals surface area contributed by atoms with Crippen molar-refractivity contribution in [3.63, 3.8) is 0 Å². The second-order valence-corrected chi connectivity index (χ2v) is 4.22. The van der Waals surface area contributed by atoms with Crippen molar-refractivity contribution >= 4 is 63.1 Å². The molecule has 1 aliphatic rings. The van der Waals surface area contributed by atoms with E-state index < -0.39 is 0 Å². The number of nitrogens with one attached hydrogen (secondary N) is 1. The third kappa shape index (κ3) is 1.80. The Bertz CT molecular complexity index is 561. The second-order valence-electron chi connectivity index (χ2n) is 3.43. The molecule has 0 saturated heterocycles. The number of thioether (sulfide) groups is 1. The van der Waals surface area contributed by atoms with E-state index >= 15 is 0 Å². The number of hydrogen-bond acceptors (Lipinski definition) is 3. The fourth-order valence-corrected chi connectivity index (χ4v) is 2.27. The molecule has 0 unspecified atom stereocenters. The highest BCUT2D eigenvalue weighted by Gasteiger charge is 2.12. The summed E-state index contributed by atoms with van der Waals surface area (Å²) in [6, 6.07) is 12.5. The predicted molar refractivity (Wildman–Crippen MR) is 83.6 cm³/mol. The molecule has 16 heavy (non-hydrogen) atoms. The number of amidine groups is 1. The maximum Gasteiger partial charge on any atom is 0.165 e. The first kappa shape index (κ1) is 11.7. The van der Waals surface area contributed by atoms with Gasteiger partial charge in [0, 0.05) is 5.39 Å². The van der Waals surface area contributed by atoms with Gasteiger partial charge in [0.2, 0.25) is 0 Å². The Labute approximate surface area is 116 Å². The molecule has 1 N–H and O–H groups in total. The van der Waals surface area contributed by atoms with Gasteiger partial charge in [0.25, 0.3) is 0 Å². The summed E-state index contributed by atoms with van der Waals surface area (Å²) in [7, 11) is 0. The van der Waals surface area contributed by atoms with Crippen LogP contribution in [0.1, 0.15) is 0 Å². The van der Waals surface area contributed by atoms with Crippen LogP contribution in [0.15, 0.2) is 41.4 Å². The van der Waals surface area contributed by atoms with Crippen molar-refractivity contribution in [2.75, 3.05) is 11.6 Å². The Morgan fingerprint density at radius 3 is 2.62 bits per heavy atom. The first-order valence-electron chi connectivity index (χ1n) is 4.80. The van der Waals surface area contributed by atoms with Crippen LogP contribution < -0.4 is 5.32 Å². The fourth-order valence-electron chi connectivity index (χ4n) is 1.87. The second kappa shape index (κ2) is 4.63. The lowest BCUT2D eigenvalue weighted by Crippen LogP contribution is -2.10. The number of rotatable bonds is 0. The normalized spacial score (nSPS) is 12.7. The summed E-state index contributed by atoms with van der Waals surface area (Å²) in [5.74, 6) is 0. The molecule has 0 saturated carbocycles. The summed E-state index contributed by atoms with van der Waals surface area (Å²) >= 11 is 1.63. The lowest BCUT2D eigenvalue weighted by molar-refractivity contribution is 1.52. The van der Waals surface area contributed by atoms with Gasteiger partial charge in [-0.2, -0.15) is 0 Å². The molecule has 3 rings (SSSR count). The van der Waals surface area contributed by atoms with Gasteiger partial charge in [-0.25, -0.2) is 4.99 Å². The molecular formula is C12H11IN2S. The van der Waals surface area contributed by atoms with E-state index in [9.17, 15) is 0 Å². The Kier molecular flexibility index (Phi) is 3.39. The minimum atomic E-state index is 0. The van der Waals surface area contributed by atoms with Gasteiger partial charge in [-0.05, 0) is 23.8 Å². The van der Waals surface area contributed by atoms with E-state index in [-0.39, 0.29) is 24.0 Å². The van der Waals surface area contributed by atoms with E-state index in [1.54, 1.807) is 11.8 Å². The zero-order chi connectivity index (χ0) is 10.3. The van der Waals surface area contributed by atoms with E-state index in [1.165, 1.54) is 10.8 Å². The highest BCUT2D eigenvalue weighted by atomic mass is 127. The van der Waals surface area contributed by atoms with Gasteiger partial charge in [0.15, 0.2) is 5.17 Å². The number of aliphatic imine (C=N–C) groups is 1. The topological polar surface area (TPSA) is 24.4 Å². The van der Waals surface area contributed by atoms with Crippen molar-refractivity contribution in [1.82, 2.24) is 0 Å². The van der Waals surface area contributed by atoms with Gasteiger partial charge in [-0.1, -0.05) is 36.0 Å². The van der Waals surface area contributed by atoms with E-state index in [4.69, 9.17) is 0 Å². The molecule has 2 nitrogen and oxygen atoms in total. The summed E-state index contributed by atoms with van der Waals surface area (Å²) in [6.45, 7) is 0. The average molecular weight is 342 g/mol. The van der Waals surface area contributed by atoms with Crippen molar-refractivity contribution in [3.8, 4) is 0 Å². The van der Waals surface area contributed by atoms with Crippen molar-refractivity contribution < 1.29 is 0 Å². The first-order chi connectivity index (χ1) is 7.38. The Morgan fingerprint density at radius 1 is 1.12 bits per heavy atom. The molecule has 0 spiro atoms. The smallest absolute Gasteiger partial charge is 0.165 e. The van der Waals surface area contributed by atoms with Gasteiger partial charge in [0.1, 0.15) is 0 Å².